The van der Waals surface area contributed by atoms with Crippen LogP contribution in [0.5, 0.6) is 0 Å². The molecule has 2 rings (SSSR count). The van der Waals surface area contributed by atoms with Gasteiger partial charge in [-0.05, 0) is 27.2 Å². The molecule has 1 aromatic rings. The zero-order valence-electron chi connectivity index (χ0n) is 13.5. The van der Waals surface area contributed by atoms with Crippen LogP contribution < -0.4 is 5.32 Å². The molecule has 0 aliphatic carbocycles. The molecule has 0 aromatic carbocycles. The topological polar surface area (TPSA) is 61.6 Å². The molecular weight excluding hydrogens is 268 g/mol. The number of carbonyl (C=O) groups excluding carboxylic acids is 1. The Hall–Kier alpha value is -1.56. The van der Waals surface area contributed by atoms with Gasteiger partial charge in [0.1, 0.15) is 5.76 Å². The van der Waals surface area contributed by atoms with Crippen molar-refractivity contribution in [1.29, 1.82) is 0 Å². The highest BCUT2D eigenvalue weighted by Gasteiger charge is 2.23. The third-order valence-corrected chi connectivity index (χ3v) is 4.20. The molecule has 1 unspecified atom stereocenters. The number of piperazine rings is 1. The molecule has 1 fully saturated rings. The predicted molar refractivity (Wildman–Crippen MR) is 81.1 cm³/mol. The van der Waals surface area contributed by atoms with E-state index in [9.17, 15) is 4.79 Å². The molecule has 1 N–H and O–H groups in total. The Kier molecular flexibility index (Phi) is 5.22. The summed E-state index contributed by atoms with van der Waals surface area (Å²) < 4.78 is 5.20. The van der Waals surface area contributed by atoms with Crippen LogP contribution in [0.2, 0.25) is 0 Å². The Labute approximate surface area is 126 Å². The highest BCUT2D eigenvalue weighted by atomic mass is 16.5. The minimum Gasteiger partial charge on any atom is -0.361 e. The van der Waals surface area contributed by atoms with Gasteiger partial charge in [0.05, 0.1) is 5.69 Å². The molecule has 1 aliphatic rings. The lowest BCUT2D eigenvalue weighted by Gasteiger charge is -2.35. The van der Waals surface area contributed by atoms with Crippen molar-refractivity contribution in [3.05, 3.63) is 17.0 Å². The van der Waals surface area contributed by atoms with Crippen LogP contribution in [0.3, 0.4) is 0 Å². The fourth-order valence-corrected chi connectivity index (χ4v) is 2.46. The summed E-state index contributed by atoms with van der Waals surface area (Å²) in [6.07, 6.45) is 0.956. The summed E-state index contributed by atoms with van der Waals surface area (Å²) in [5.41, 5.74) is 2.14. The molecule has 2 heterocycles. The van der Waals surface area contributed by atoms with Gasteiger partial charge in [-0.15, -0.1) is 0 Å². The molecule has 1 atom stereocenters. The smallest absolute Gasteiger partial charge is 0.317 e. The SMILES string of the molecule is CCC(C)NC(=O)N1CCN(Cc2c(C)noc2C)CC1. The van der Waals surface area contributed by atoms with Gasteiger partial charge in [-0.1, -0.05) is 12.1 Å². The number of rotatable bonds is 4. The van der Waals surface area contributed by atoms with Crippen LogP contribution in [0.15, 0.2) is 4.52 Å². The van der Waals surface area contributed by atoms with E-state index in [1.54, 1.807) is 0 Å². The van der Waals surface area contributed by atoms with Crippen LogP contribution >= 0.6 is 0 Å². The Morgan fingerprint density at radius 2 is 2.00 bits per heavy atom. The van der Waals surface area contributed by atoms with E-state index in [1.165, 1.54) is 5.56 Å². The standard InChI is InChI=1S/C15H26N4O2/c1-5-11(2)16-15(20)19-8-6-18(7-9-19)10-14-12(3)17-21-13(14)4/h11H,5-10H2,1-4H3,(H,16,20). The zero-order chi connectivity index (χ0) is 15.4. The van der Waals surface area contributed by atoms with Gasteiger partial charge in [-0.25, -0.2) is 4.79 Å². The summed E-state index contributed by atoms with van der Waals surface area (Å²) in [4.78, 5) is 16.3. The first kappa shape index (κ1) is 15.8. The summed E-state index contributed by atoms with van der Waals surface area (Å²) >= 11 is 0. The molecule has 0 radical (unpaired) electrons. The second-order valence-corrected chi connectivity index (χ2v) is 5.82. The zero-order valence-corrected chi connectivity index (χ0v) is 13.5. The average Bonchev–Trinajstić information content (AvgIpc) is 2.79. The molecule has 1 aromatic heterocycles. The van der Waals surface area contributed by atoms with Crippen molar-refractivity contribution in [2.24, 2.45) is 0 Å². The van der Waals surface area contributed by atoms with Crippen molar-refractivity contribution in [1.82, 2.24) is 20.3 Å². The molecule has 6 nitrogen and oxygen atoms in total. The Morgan fingerprint density at radius 1 is 1.33 bits per heavy atom. The quantitative estimate of drug-likeness (QED) is 0.921. The number of urea groups is 1. The Morgan fingerprint density at radius 3 is 2.52 bits per heavy atom. The highest BCUT2D eigenvalue weighted by Crippen LogP contribution is 2.16. The van der Waals surface area contributed by atoms with Crippen molar-refractivity contribution < 1.29 is 9.32 Å². The summed E-state index contributed by atoms with van der Waals surface area (Å²) in [5.74, 6) is 0.893. The summed E-state index contributed by atoms with van der Waals surface area (Å²) in [7, 11) is 0. The van der Waals surface area contributed by atoms with Crippen LogP contribution in [0.4, 0.5) is 4.79 Å². The molecule has 0 spiro atoms. The van der Waals surface area contributed by atoms with E-state index >= 15 is 0 Å². The van der Waals surface area contributed by atoms with Crippen LogP contribution in [0, 0.1) is 13.8 Å². The fourth-order valence-electron chi connectivity index (χ4n) is 2.46. The molecule has 2 amide bonds. The number of hydrogen-bond donors (Lipinski definition) is 1. The van der Waals surface area contributed by atoms with Gasteiger partial charge in [0.2, 0.25) is 0 Å². The van der Waals surface area contributed by atoms with E-state index in [2.05, 4.69) is 22.3 Å². The average molecular weight is 294 g/mol. The molecule has 0 bridgehead atoms. The van der Waals surface area contributed by atoms with Gasteiger partial charge in [-0.2, -0.15) is 0 Å². The van der Waals surface area contributed by atoms with Crippen molar-refractivity contribution in [2.75, 3.05) is 26.2 Å². The second-order valence-electron chi connectivity index (χ2n) is 5.82. The normalized spacial score (nSPS) is 17.8. The predicted octanol–water partition coefficient (Wildman–Crippen LogP) is 1.92. The van der Waals surface area contributed by atoms with E-state index < -0.39 is 0 Å². The minimum atomic E-state index is 0.0568. The number of aryl methyl sites for hydroxylation is 2. The first-order valence-corrected chi connectivity index (χ1v) is 7.70. The fraction of sp³-hybridized carbons (Fsp3) is 0.733. The summed E-state index contributed by atoms with van der Waals surface area (Å²) in [5, 5.41) is 7.01. The third kappa shape index (κ3) is 3.97. The maximum Gasteiger partial charge on any atom is 0.317 e. The van der Waals surface area contributed by atoms with Crippen LogP contribution in [0.1, 0.15) is 37.3 Å². The van der Waals surface area contributed by atoms with E-state index in [-0.39, 0.29) is 12.1 Å². The van der Waals surface area contributed by atoms with Crippen molar-refractivity contribution in [2.45, 2.75) is 46.7 Å². The first-order valence-electron chi connectivity index (χ1n) is 7.70. The summed E-state index contributed by atoms with van der Waals surface area (Å²) in [6, 6.07) is 0.291. The van der Waals surface area contributed by atoms with E-state index in [1.807, 2.05) is 25.7 Å². The molecule has 1 saturated heterocycles. The Balaban J connectivity index is 1.82. The second kappa shape index (κ2) is 6.93. The summed E-state index contributed by atoms with van der Waals surface area (Å²) in [6.45, 7) is 12.2. The largest absolute Gasteiger partial charge is 0.361 e. The number of nitrogens with one attached hydrogen (secondary N) is 1. The molecule has 118 valence electrons. The number of aromatic nitrogens is 1. The minimum absolute atomic E-state index is 0.0568. The van der Waals surface area contributed by atoms with Crippen molar-refractivity contribution in [3.8, 4) is 0 Å². The highest BCUT2D eigenvalue weighted by molar-refractivity contribution is 5.74. The van der Waals surface area contributed by atoms with Gasteiger partial charge in [-0.3, -0.25) is 4.90 Å². The monoisotopic (exact) mass is 294 g/mol. The van der Waals surface area contributed by atoms with Gasteiger partial charge in [0, 0.05) is 44.3 Å². The maximum atomic E-state index is 12.1. The lowest BCUT2D eigenvalue weighted by Crippen LogP contribution is -2.52. The Bertz CT molecular complexity index is 459. The van der Waals surface area contributed by atoms with E-state index in [0.717, 1.165) is 50.6 Å². The van der Waals surface area contributed by atoms with Crippen LogP contribution in [-0.2, 0) is 6.54 Å². The van der Waals surface area contributed by atoms with Crippen LogP contribution in [-0.4, -0.2) is 53.2 Å². The van der Waals surface area contributed by atoms with E-state index in [0.29, 0.717) is 0 Å². The third-order valence-electron chi connectivity index (χ3n) is 4.20. The van der Waals surface area contributed by atoms with Gasteiger partial charge >= 0.3 is 6.03 Å². The van der Waals surface area contributed by atoms with Crippen molar-refractivity contribution >= 4 is 6.03 Å². The molecular formula is C15H26N4O2. The van der Waals surface area contributed by atoms with Gasteiger partial charge < -0.3 is 14.7 Å². The molecule has 0 saturated carbocycles. The molecule has 6 heteroatoms. The van der Waals surface area contributed by atoms with Gasteiger partial charge in [0.25, 0.3) is 0 Å². The number of amides is 2. The number of hydrogen-bond acceptors (Lipinski definition) is 4. The molecule has 1 aliphatic heterocycles. The number of nitrogens with zero attached hydrogens (tertiary/aromatic N) is 3. The molecule has 21 heavy (non-hydrogen) atoms. The van der Waals surface area contributed by atoms with Crippen molar-refractivity contribution in [3.63, 3.8) is 0 Å². The first-order chi connectivity index (χ1) is 10.0. The lowest BCUT2D eigenvalue weighted by atomic mass is 10.2. The lowest BCUT2D eigenvalue weighted by molar-refractivity contribution is 0.133. The maximum absolute atomic E-state index is 12.1. The number of carbonyl (C=O) groups is 1. The van der Waals surface area contributed by atoms with Crippen LogP contribution in [0.25, 0.3) is 0 Å². The van der Waals surface area contributed by atoms with E-state index in [4.69, 9.17) is 4.52 Å². The van der Waals surface area contributed by atoms with Gasteiger partial charge in [0.15, 0.2) is 0 Å².